The molecule has 2 unspecified atom stereocenters. The first kappa shape index (κ1) is 13.6. The SMILES string of the molecule is CCCc1c(N)ncnc1N1CCOC2CCCCC21. The Balaban J connectivity index is 1.92. The first-order valence-corrected chi connectivity index (χ1v) is 7.79. The average Bonchev–Trinajstić information content (AvgIpc) is 2.49. The van der Waals surface area contributed by atoms with E-state index in [1.807, 2.05) is 0 Å². The summed E-state index contributed by atoms with van der Waals surface area (Å²) in [6.45, 7) is 3.87. The van der Waals surface area contributed by atoms with Gasteiger partial charge in [-0.2, -0.15) is 0 Å². The third kappa shape index (κ3) is 2.46. The predicted octanol–water partition coefficient (Wildman–Crippen LogP) is 2.16. The van der Waals surface area contributed by atoms with E-state index in [2.05, 4.69) is 21.8 Å². The van der Waals surface area contributed by atoms with Crippen LogP contribution in [0.4, 0.5) is 11.6 Å². The lowest BCUT2D eigenvalue weighted by atomic mass is 9.90. The minimum atomic E-state index is 0.364. The minimum Gasteiger partial charge on any atom is -0.383 e. The highest BCUT2D eigenvalue weighted by Gasteiger charge is 2.35. The van der Waals surface area contributed by atoms with E-state index < -0.39 is 0 Å². The summed E-state index contributed by atoms with van der Waals surface area (Å²) in [4.78, 5) is 11.1. The van der Waals surface area contributed by atoms with Crippen molar-refractivity contribution in [1.82, 2.24) is 9.97 Å². The summed E-state index contributed by atoms with van der Waals surface area (Å²) in [5.41, 5.74) is 7.19. The van der Waals surface area contributed by atoms with E-state index in [4.69, 9.17) is 10.5 Å². The molecule has 0 radical (unpaired) electrons. The van der Waals surface area contributed by atoms with E-state index >= 15 is 0 Å². The maximum Gasteiger partial charge on any atom is 0.137 e. The number of ether oxygens (including phenoxy) is 1. The van der Waals surface area contributed by atoms with Gasteiger partial charge in [-0.05, 0) is 19.3 Å². The fraction of sp³-hybridized carbons (Fsp3) is 0.733. The Morgan fingerprint density at radius 2 is 2.20 bits per heavy atom. The fourth-order valence-electron chi connectivity index (χ4n) is 3.51. The maximum absolute atomic E-state index is 6.07. The third-order valence-electron chi connectivity index (χ3n) is 4.46. The molecule has 5 heteroatoms. The topological polar surface area (TPSA) is 64.3 Å². The Morgan fingerprint density at radius 3 is 3.05 bits per heavy atom. The zero-order chi connectivity index (χ0) is 13.9. The first-order valence-electron chi connectivity index (χ1n) is 7.79. The van der Waals surface area contributed by atoms with Gasteiger partial charge in [-0.15, -0.1) is 0 Å². The van der Waals surface area contributed by atoms with Crippen molar-refractivity contribution in [1.29, 1.82) is 0 Å². The largest absolute Gasteiger partial charge is 0.383 e. The van der Waals surface area contributed by atoms with Crippen LogP contribution < -0.4 is 10.6 Å². The number of aromatic nitrogens is 2. The highest BCUT2D eigenvalue weighted by molar-refractivity contribution is 5.57. The Morgan fingerprint density at radius 1 is 1.35 bits per heavy atom. The molecule has 2 N–H and O–H groups in total. The normalized spacial score (nSPS) is 26.4. The summed E-state index contributed by atoms with van der Waals surface area (Å²) in [5.74, 6) is 1.68. The molecule has 0 spiro atoms. The molecule has 2 atom stereocenters. The third-order valence-corrected chi connectivity index (χ3v) is 4.46. The summed E-state index contributed by atoms with van der Waals surface area (Å²) in [5, 5.41) is 0. The lowest BCUT2D eigenvalue weighted by Gasteiger charge is -2.45. The van der Waals surface area contributed by atoms with Crippen LogP contribution in [0, 0.1) is 0 Å². The van der Waals surface area contributed by atoms with Gasteiger partial charge < -0.3 is 15.4 Å². The zero-order valence-corrected chi connectivity index (χ0v) is 12.2. The Labute approximate surface area is 120 Å². The van der Waals surface area contributed by atoms with Gasteiger partial charge >= 0.3 is 0 Å². The van der Waals surface area contributed by atoms with Crippen LogP contribution in [0.1, 0.15) is 44.6 Å². The maximum atomic E-state index is 6.07. The van der Waals surface area contributed by atoms with E-state index in [0.29, 0.717) is 18.0 Å². The molecular weight excluding hydrogens is 252 g/mol. The molecule has 110 valence electrons. The molecule has 0 bridgehead atoms. The molecule has 1 aliphatic carbocycles. The van der Waals surface area contributed by atoms with Gasteiger partial charge in [0.25, 0.3) is 0 Å². The van der Waals surface area contributed by atoms with Crippen LogP contribution >= 0.6 is 0 Å². The van der Waals surface area contributed by atoms with E-state index in [0.717, 1.165) is 37.4 Å². The van der Waals surface area contributed by atoms with Crippen LogP contribution in [0.2, 0.25) is 0 Å². The number of nitrogen functional groups attached to an aromatic ring is 1. The predicted molar refractivity (Wildman–Crippen MR) is 79.8 cm³/mol. The minimum absolute atomic E-state index is 0.364. The van der Waals surface area contributed by atoms with E-state index in [1.165, 1.54) is 25.7 Å². The van der Waals surface area contributed by atoms with E-state index in [1.54, 1.807) is 6.33 Å². The first-order chi connectivity index (χ1) is 9.81. The standard InChI is InChI=1S/C15H24N4O/c1-2-5-11-14(16)17-10-18-15(11)19-8-9-20-13-7-4-3-6-12(13)19/h10,12-13H,2-9H2,1H3,(H2,16,17,18). The molecule has 20 heavy (non-hydrogen) atoms. The van der Waals surface area contributed by atoms with Gasteiger partial charge in [0.2, 0.25) is 0 Å². The van der Waals surface area contributed by atoms with E-state index in [9.17, 15) is 0 Å². The van der Waals surface area contributed by atoms with Crippen molar-refractivity contribution < 1.29 is 4.74 Å². The quantitative estimate of drug-likeness (QED) is 0.916. The van der Waals surface area contributed by atoms with E-state index in [-0.39, 0.29) is 0 Å². The van der Waals surface area contributed by atoms with Gasteiger partial charge in [-0.25, -0.2) is 9.97 Å². The second-order valence-corrected chi connectivity index (χ2v) is 5.77. The number of hydrogen-bond acceptors (Lipinski definition) is 5. The Hall–Kier alpha value is -1.36. The van der Waals surface area contributed by atoms with Crippen molar-refractivity contribution in [2.45, 2.75) is 57.6 Å². The molecule has 1 aromatic heterocycles. The lowest BCUT2D eigenvalue weighted by molar-refractivity contribution is -0.00905. The Kier molecular flexibility index (Phi) is 4.05. The van der Waals surface area contributed by atoms with Crippen LogP contribution in [0.15, 0.2) is 6.33 Å². The number of nitrogens with two attached hydrogens (primary N) is 1. The molecule has 0 amide bonds. The molecule has 1 saturated heterocycles. The summed E-state index contributed by atoms with van der Waals surface area (Å²) in [7, 11) is 0. The van der Waals surface area contributed by atoms with Crippen molar-refractivity contribution in [3.8, 4) is 0 Å². The van der Waals surface area contributed by atoms with Gasteiger partial charge in [0.05, 0.1) is 18.8 Å². The monoisotopic (exact) mass is 276 g/mol. The van der Waals surface area contributed by atoms with Crippen molar-refractivity contribution in [3.63, 3.8) is 0 Å². The summed E-state index contributed by atoms with van der Waals surface area (Å²) < 4.78 is 5.95. The van der Waals surface area contributed by atoms with Crippen LogP contribution in [-0.4, -0.2) is 35.3 Å². The average molecular weight is 276 g/mol. The fourth-order valence-corrected chi connectivity index (χ4v) is 3.51. The van der Waals surface area contributed by atoms with Crippen LogP contribution in [-0.2, 0) is 11.2 Å². The summed E-state index contributed by atoms with van der Waals surface area (Å²) in [6, 6.07) is 0.461. The molecule has 1 saturated carbocycles. The van der Waals surface area contributed by atoms with Crippen molar-refractivity contribution in [3.05, 3.63) is 11.9 Å². The van der Waals surface area contributed by atoms with Crippen molar-refractivity contribution in [2.24, 2.45) is 0 Å². The lowest BCUT2D eigenvalue weighted by Crippen LogP contribution is -2.53. The number of rotatable bonds is 3. The number of hydrogen-bond donors (Lipinski definition) is 1. The van der Waals surface area contributed by atoms with Crippen molar-refractivity contribution >= 4 is 11.6 Å². The van der Waals surface area contributed by atoms with Gasteiger partial charge in [-0.1, -0.05) is 26.2 Å². The summed E-state index contributed by atoms with van der Waals surface area (Å²) in [6.07, 6.45) is 8.89. The number of nitrogens with zero attached hydrogens (tertiary/aromatic N) is 3. The molecule has 2 aliphatic rings. The van der Waals surface area contributed by atoms with Gasteiger partial charge in [0.15, 0.2) is 0 Å². The summed E-state index contributed by atoms with van der Waals surface area (Å²) >= 11 is 0. The molecule has 5 nitrogen and oxygen atoms in total. The van der Waals surface area contributed by atoms with Gasteiger partial charge in [-0.3, -0.25) is 0 Å². The highest BCUT2D eigenvalue weighted by Crippen LogP contribution is 2.33. The molecule has 0 aromatic carbocycles. The van der Waals surface area contributed by atoms with Crippen LogP contribution in [0.3, 0.4) is 0 Å². The second kappa shape index (κ2) is 5.95. The number of fused-ring (bicyclic) bond motifs is 1. The molecule has 3 rings (SSSR count). The van der Waals surface area contributed by atoms with Crippen LogP contribution in [0.5, 0.6) is 0 Å². The smallest absolute Gasteiger partial charge is 0.137 e. The second-order valence-electron chi connectivity index (χ2n) is 5.77. The van der Waals surface area contributed by atoms with Gasteiger partial charge in [0, 0.05) is 12.1 Å². The van der Waals surface area contributed by atoms with Crippen LogP contribution in [0.25, 0.3) is 0 Å². The molecule has 1 aromatic rings. The Bertz CT molecular complexity index is 463. The number of anilines is 2. The van der Waals surface area contributed by atoms with Crippen molar-refractivity contribution in [2.75, 3.05) is 23.8 Å². The number of morpholine rings is 1. The van der Waals surface area contributed by atoms with Gasteiger partial charge in [0.1, 0.15) is 18.0 Å². The highest BCUT2D eigenvalue weighted by atomic mass is 16.5. The molecule has 2 fully saturated rings. The molecular formula is C15H24N4O. The zero-order valence-electron chi connectivity index (χ0n) is 12.2. The molecule has 1 aliphatic heterocycles. The molecule has 2 heterocycles.